The zero-order chi connectivity index (χ0) is 14.9. The molecule has 112 valence electrons. The van der Waals surface area contributed by atoms with Crippen LogP contribution in [0.5, 0.6) is 0 Å². The fourth-order valence-corrected chi connectivity index (χ4v) is 2.77. The molecule has 5 heteroatoms. The first kappa shape index (κ1) is 16.4. The largest absolute Gasteiger partial charge is 0.481 e. The van der Waals surface area contributed by atoms with Gasteiger partial charge < -0.3 is 20.3 Å². The summed E-state index contributed by atoms with van der Waals surface area (Å²) in [6.07, 6.45) is 1.19. The zero-order valence-corrected chi connectivity index (χ0v) is 12.7. The minimum atomic E-state index is -0.848. The predicted molar refractivity (Wildman–Crippen MR) is 72.8 cm³/mol. The number of ether oxygens (including phenoxy) is 2. The van der Waals surface area contributed by atoms with Crippen LogP contribution in [0.4, 0.5) is 0 Å². The molecular weight excluding hydrogens is 246 g/mol. The van der Waals surface area contributed by atoms with Crippen molar-refractivity contribution in [2.24, 2.45) is 11.1 Å². The third-order valence-electron chi connectivity index (χ3n) is 3.74. The summed E-state index contributed by atoms with van der Waals surface area (Å²) < 4.78 is 11.9. The van der Waals surface area contributed by atoms with Gasteiger partial charge in [0, 0.05) is 6.42 Å². The van der Waals surface area contributed by atoms with E-state index in [0.717, 1.165) is 0 Å². The molecule has 0 radical (unpaired) electrons. The van der Waals surface area contributed by atoms with Gasteiger partial charge in [-0.1, -0.05) is 20.8 Å². The number of carboxylic acids is 1. The van der Waals surface area contributed by atoms with Crippen LogP contribution in [0.15, 0.2) is 0 Å². The topological polar surface area (TPSA) is 81.8 Å². The molecule has 0 aromatic rings. The fraction of sp³-hybridized carbons (Fsp3) is 0.929. The molecule has 0 amide bonds. The van der Waals surface area contributed by atoms with Crippen LogP contribution in [0, 0.1) is 5.41 Å². The van der Waals surface area contributed by atoms with Crippen LogP contribution in [0.25, 0.3) is 0 Å². The highest BCUT2D eigenvalue weighted by molar-refractivity contribution is 5.68. The highest BCUT2D eigenvalue weighted by Crippen LogP contribution is 2.47. The van der Waals surface area contributed by atoms with Crippen LogP contribution < -0.4 is 5.73 Å². The molecule has 3 N–H and O–H groups in total. The van der Waals surface area contributed by atoms with Gasteiger partial charge in [0.05, 0.1) is 18.1 Å². The third-order valence-corrected chi connectivity index (χ3v) is 3.74. The third kappa shape index (κ3) is 3.91. The van der Waals surface area contributed by atoms with Crippen molar-refractivity contribution in [2.75, 3.05) is 6.54 Å². The quantitative estimate of drug-likeness (QED) is 0.820. The molecule has 5 nitrogen and oxygen atoms in total. The van der Waals surface area contributed by atoms with Gasteiger partial charge >= 0.3 is 5.97 Å². The standard InChI is InChI=1S/C14H27NO4/c1-12(2,3)14(9-11(16)17)8-10(6-7-15)18-13(4,5)19-14/h10H,6-9,15H2,1-5H3,(H,16,17)/t10-,14-/m0/s1. The van der Waals surface area contributed by atoms with E-state index < -0.39 is 17.4 Å². The highest BCUT2D eigenvalue weighted by Gasteiger charge is 2.53. The highest BCUT2D eigenvalue weighted by atomic mass is 16.7. The number of aliphatic carboxylic acids is 1. The van der Waals surface area contributed by atoms with Gasteiger partial charge in [-0.05, 0) is 32.2 Å². The minimum Gasteiger partial charge on any atom is -0.481 e. The average Bonchev–Trinajstić information content (AvgIpc) is 2.11. The second-order valence-electron chi connectivity index (χ2n) is 6.84. The molecule has 2 atom stereocenters. The molecule has 1 aliphatic heterocycles. The number of carboxylic acid groups (broad SMARTS) is 1. The Morgan fingerprint density at radius 1 is 1.42 bits per heavy atom. The SMILES string of the molecule is CC1(C)O[C@@H](CCN)C[C@](CC(=O)O)(C(C)(C)C)O1. The second kappa shape index (κ2) is 5.38. The number of rotatable bonds is 4. The lowest BCUT2D eigenvalue weighted by molar-refractivity contribution is -0.355. The van der Waals surface area contributed by atoms with Crippen LogP contribution in [-0.2, 0) is 14.3 Å². The molecule has 1 aliphatic rings. The van der Waals surface area contributed by atoms with E-state index in [4.69, 9.17) is 15.2 Å². The summed E-state index contributed by atoms with van der Waals surface area (Å²) in [7, 11) is 0. The molecule has 0 bridgehead atoms. The van der Waals surface area contributed by atoms with Gasteiger partial charge in [0.15, 0.2) is 5.79 Å². The predicted octanol–water partition coefficient (Wildman–Crippen LogP) is 2.14. The van der Waals surface area contributed by atoms with E-state index in [9.17, 15) is 9.90 Å². The van der Waals surface area contributed by atoms with Crippen LogP contribution >= 0.6 is 0 Å². The first-order valence-electron chi connectivity index (χ1n) is 6.81. The first-order chi connectivity index (χ1) is 8.51. The second-order valence-corrected chi connectivity index (χ2v) is 6.84. The van der Waals surface area contributed by atoms with E-state index in [2.05, 4.69) is 0 Å². The Labute approximate surface area is 115 Å². The van der Waals surface area contributed by atoms with E-state index in [1.807, 2.05) is 34.6 Å². The lowest BCUT2D eigenvalue weighted by Gasteiger charge is -2.54. The Balaban J connectivity index is 3.10. The Hall–Kier alpha value is -0.650. The van der Waals surface area contributed by atoms with Gasteiger partial charge in [-0.2, -0.15) is 0 Å². The summed E-state index contributed by atoms with van der Waals surface area (Å²) in [6.45, 7) is 10.2. The van der Waals surface area contributed by atoms with Crippen molar-refractivity contribution in [3.05, 3.63) is 0 Å². The molecule has 1 saturated heterocycles. The molecule has 0 aromatic carbocycles. The van der Waals surface area contributed by atoms with Crippen molar-refractivity contribution in [1.29, 1.82) is 0 Å². The molecule has 1 heterocycles. The monoisotopic (exact) mass is 273 g/mol. The van der Waals surface area contributed by atoms with Crippen molar-refractivity contribution in [1.82, 2.24) is 0 Å². The Bertz CT molecular complexity index is 335. The van der Waals surface area contributed by atoms with Gasteiger partial charge in [0.1, 0.15) is 0 Å². The van der Waals surface area contributed by atoms with Crippen molar-refractivity contribution >= 4 is 5.97 Å². The summed E-state index contributed by atoms with van der Waals surface area (Å²) >= 11 is 0. The molecule has 1 fully saturated rings. The molecule has 0 spiro atoms. The molecular formula is C14H27NO4. The molecule has 19 heavy (non-hydrogen) atoms. The van der Waals surface area contributed by atoms with Gasteiger partial charge in [0.2, 0.25) is 0 Å². The van der Waals surface area contributed by atoms with E-state index in [-0.39, 0.29) is 17.9 Å². The summed E-state index contributed by atoms with van der Waals surface area (Å²) in [5.41, 5.74) is 4.58. The lowest BCUT2D eigenvalue weighted by Crippen LogP contribution is -2.59. The summed E-state index contributed by atoms with van der Waals surface area (Å²) in [5.74, 6) is -1.64. The van der Waals surface area contributed by atoms with Gasteiger partial charge in [-0.25, -0.2) is 0 Å². The first-order valence-corrected chi connectivity index (χ1v) is 6.81. The maximum absolute atomic E-state index is 11.2. The molecule has 0 aliphatic carbocycles. The lowest BCUT2D eigenvalue weighted by atomic mass is 9.70. The van der Waals surface area contributed by atoms with Crippen LogP contribution in [0.3, 0.4) is 0 Å². The van der Waals surface area contributed by atoms with Crippen LogP contribution in [0.2, 0.25) is 0 Å². The van der Waals surface area contributed by atoms with Crippen molar-refractivity contribution in [3.63, 3.8) is 0 Å². The van der Waals surface area contributed by atoms with Crippen LogP contribution in [-0.4, -0.2) is 35.1 Å². The molecule has 0 aromatic heterocycles. The molecule has 1 rings (SSSR count). The van der Waals surface area contributed by atoms with Gasteiger partial charge in [-0.15, -0.1) is 0 Å². The van der Waals surface area contributed by atoms with Gasteiger partial charge in [0.25, 0.3) is 0 Å². The van der Waals surface area contributed by atoms with Crippen molar-refractivity contribution in [2.45, 2.75) is 71.4 Å². The van der Waals surface area contributed by atoms with Crippen molar-refractivity contribution in [3.8, 4) is 0 Å². The fourth-order valence-electron chi connectivity index (χ4n) is 2.77. The maximum Gasteiger partial charge on any atom is 0.306 e. The van der Waals surface area contributed by atoms with E-state index in [0.29, 0.717) is 19.4 Å². The Morgan fingerprint density at radius 2 is 2.00 bits per heavy atom. The number of hydrogen-bond donors (Lipinski definition) is 2. The van der Waals surface area contributed by atoms with Crippen molar-refractivity contribution < 1.29 is 19.4 Å². The summed E-state index contributed by atoms with van der Waals surface area (Å²) in [4.78, 5) is 11.2. The average molecular weight is 273 g/mol. The zero-order valence-electron chi connectivity index (χ0n) is 12.7. The van der Waals surface area contributed by atoms with Crippen LogP contribution in [0.1, 0.15) is 53.9 Å². The molecule has 0 saturated carbocycles. The summed E-state index contributed by atoms with van der Waals surface area (Å²) in [5, 5.41) is 9.24. The smallest absolute Gasteiger partial charge is 0.306 e. The van der Waals surface area contributed by atoms with Gasteiger partial charge in [-0.3, -0.25) is 4.79 Å². The summed E-state index contributed by atoms with van der Waals surface area (Å²) in [6, 6.07) is 0. The molecule has 0 unspecified atom stereocenters. The normalized spacial score (nSPS) is 31.2. The Kier molecular flexibility index (Phi) is 4.65. The number of nitrogens with two attached hydrogens (primary N) is 1. The minimum absolute atomic E-state index is 0.0235. The van der Waals surface area contributed by atoms with E-state index >= 15 is 0 Å². The number of carbonyl (C=O) groups is 1. The maximum atomic E-state index is 11.2. The number of hydrogen-bond acceptors (Lipinski definition) is 4. The van der Waals surface area contributed by atoms with E-state index in [1.54, 1.807) is 0 Å². The van der Waals surface area contributed by atoms with E-state index in [1.165, 1.54) is 0 Å². The Morgan fingerprint density at radius 3 is 2.42 bits per heavy atom.